The molecule has 2 heterocycles. The van der Waals surface area contributed by atoms with E-state index in [0.717, 1.165) is 0 Å². The molecule has 3 aromatic rings. The number of H-pyrrole nitrogens is 1. The summed E-state index contributed by atoms with van der Waals surface area (Å²) >= 11 is 0. The first-order chi connectivity index (χ1) is 11.5. The summed E-state index contributed by atoms with van der Waals surface area (Å²) in [6.07, 6.45) is 4.36. The Hall–Kier alpha value is -3.00. The van der Waals surface area contributed by atoms with Crippen LogP contribution in [0.25, 0.3) is 16.7 Å². The molecule has 0 spiro atoms. The molecule has 25 heavy (non-hydrogen) atoms. The van der Waals surface area contributed by atoms with Gasteiger partial charge in [0.25, 0.3) is 11.2 Å². The number of aromatic nitrogens is 3. The van der Waals surface area contributed by atoms with Crippen LogP contribution in [0.3, 0.4) is 0 Å². The van der Waals surface area contributed by atoms with Crippen LogP contribution in [0.15, 0.2) is 46.2 Å². The average Bonchev–Trinajstić information content (AvgIpc) is 2.55. The number of nitriles is 1. The van der Waals surface area contributed by atoms with Crippen molar-refractivity contribution in [3.8, 4) is 11.9 Å². The van der Waals surface area contributed by atoms with Crippen LogP contribution in [-0.2, 0) is 0 Å². The van der Waals surface area contributed by atoms with Crippen LogP contribution < -0.4 is 45.9 Å². The molecule has 0 aliphatic heterocycles. The topological polar surface area (TPSA) is 147 Å². The molecule has 1 aromatic carbocycles. The minimum Gasteiger partial charge on any atom is -0.318 e. The third-order valence-electron chi connectivity index (χ3n) is 3.24. The van der Waals surface area contributed by atoms with Gasteiger partial charge in [-0.15, -0.1) is 0 Å². The summed E-state index contributed by atoms with van der Waals surface area (Å²) < 4.78 is 1.39. The van der Waals surface area contributed by atoms with Gasteiger partial charge in [-0.25, -0.2) is 4.98 Å². The van der Waals surface area contributed by atoms with Gasteiger partial charge in [0.1, 0.15) is 5.69 Å². The van der Waals surface area contributed by atoms with Gasteiger partial charge in [0.05, 0.1) is 16.0 Å². The number of nitro benzene ring substituents is 1. The quantitative estimate of drug-likeness (QED) is 0.181. The number of fused-ring (bicyclic) bond motifs is 1. The molecule has 0 amide bonds. The molecule has 0 saturated carbocycles. The summed E-state index contributed by atoms with van der Waals surface area (Å²) in [5.74, 6) is -0.218. The summed E-state index contributed by atoms with van der Waals surface area (Å²) in [5, 5.41) is 22.1. The summed E-state index contributed by atoms with van der Waals surface area (Å²) in [6.45, 7) is 0. The fourth-order valence-electron chi connectivity index (χ4n) is 2.18. The second-order valence-corrected chi connectivity index (χ2v) is 4.71. The van der Waals surface area contributed by atoms with Crippen LogP contribution in [0.4, 0.5) is 11.5 Å². The Labute approximate surface area is 161 Å². The van der Waals surface area contributed by atoms with Gasteiger partial charge < -0.3 is 9.55 Å². The number of nitro groups is 1. The number of nitrogens with one attached hydrogen (secondary N) is 2. The first-order valence-corrected chi connectivity index (χ1v) is 6.56. The maximum Gasteiger partial charge on any atom is 1.00 e. The molecule has 0 unspecified atom stereocenters. The smallest absolute Gasteiger partial charge is 0.318 e. The van der Waals surface area contributed by atoms with Crippen molar-refractivity contribution >= 4 is 22.5 Å². The molecule has 3 rings (SSSR count). The summed E-state index contributed by atoms with van der Waals surface area (Å²) in [4.78, 5) is 40.1. The molecular weight excluding hydrogens is 339 g/mol. The minimum absolute atomic E-state index is 0. The third-order valence-corrected chi connectivity index (χ3v) is 3.24. The fraction of sp³-hybridized carbons (Fsp3) is 0. The number of anilines is 1. The van der Waals surface area contributed by atoms with Crippen LogP contribution in [0.5, 0.6) is 0 Å². The monoisotopic (exact) mass is 347 g/mol. The fourth-order valence-corrected chi connectivity index (χ4v) is 2.18. The maximum absolute atomic E-state index is 11.8. The van der Waals surface area contributed by atoms with Crippen molar-refractivity contribution in [3.63, 3.8) is 0 Å². The molecule has 10 nitrogen and oxygen atoms in total. The second-order valence-electron chi connectivity index (χ2n) is 4.71. The minimum atomic E-state index is -0.672. The van der Waals surface area contributed by atoms with Gasteiger partial charge in [-0.2, -0.15) is 5.26 Å². The van der Waals surface area contributed by atoms with E-state index in [4.69, 9.17) is 5.26 Å². The van der Waals surface area contributed by atoms with Crippen molar-refractivity contribution in [3.05, 3.63) is 67.4 Å². The van der Waals surface area contributed by atoms with E-state index in [9.17, 15) is 19.7 Å². The number of pyridine rings is 1. The van der Waals surface area contributed by atoms with E-state index in [1.807, 2.05) is 0 Å². The van der Waals surface area contributed by atoms with Gasteiger partial charge in [0.2, 0.25) is 5.82 Å². The Morgan fingerprint density at radius 1 is 1.28 bits per heavy atom. The molecule has 0 bridgehead atoms. The predicted octanol–water partition coefficient (Wildman–Crippen LogP) is -2.12. The largest absolute Gasteiger partial charge is 1.00 e. The summed E-state index contributed by atoms with van der Waals surface area (Å²) in [6, 6.07) is 5.08. The molecule has 118 valence electrons. The number of hydrogen-bond donors (Lipinski definition) is 2. The molecule has 0 aliphatic carbocycles. The molecule has 0 saturated heterocycles. The Bertz CT molecular complexity index is 1110. The van der Waals surface area contributed by atoms with Gasteiger partial charge in [-0.05, 0) is 6.07 Å². The van der Waals surface area contributed by atoms with Crippen LogP contribution in [0, 0.1) is 21.6 Å². The zero-order valence-electron chi connectivity index (χ0n) is 12.9. The number of hydrogen-bond acceptors (Lipinski definition) is 7. The maximum atomic E-state index is 11.8. The number of rotatable bonds is 3. The van der Waals surface area contributed by atoms with E-state index in [0.29, 0.717) is 0 Å². The van der Waals surface area contributed by atoms with Crippen molar-refractivity contribution in [1.82, 2.24) is 14.5 Å². The SMILES string of the molecule is N#CNc1nc2cc(-n3ccc(=O)cc3)c([N+](=O)[O-])cc2[nH]c1=O.[Na+]. The zero-order chi connectivity index (χ0) is 17.3. The van der Waals surface area contributed by atoms with Crippen LogP contribution in [-0.4, -0.2) is 19.5 Å². The predicted molar refractivity (Wildman–Crippen MR) is 83.9 cm³/mol. The van der Waals surface area contributed by atoms with E-state index >= 15 is 0 Å². The van der Waals surface area contributed by atoms with Crippen LogP contribution in [0.1, 0.15) is 0 Å². The van der Waals surface area contributed by atoms with Gasteiger partial charge in [-0.3, -0.25) is 25.0 Å². The Kier molecular flexibility index (Phi) is 5.33. The van der Waals surface area contributed by atoms with Gasteiger partial charge in [0, 0.05) is 30.6 Å². The van der Waals surface area contributed by atoms with E-state index in [1.165, 1.54) is 41.2 Å². The van der Waals surface area contributed by atoms with Crippen molar-refractivity contribution in [2.45, 2.75) is 0 Å². The number of nitrogens with zero attached hydrogens (tertiary/aromatic N) is 4. The van der Waals surface area contributed by atoms with Crippen molar-refractivity contribution in [2.75, 3.05) is 5.32 Å². The van der Waals surface area contributed by atoms with Crippen molar-refractivity contribution in [1.29, 1.82) is 5.26 Å². The molecule has 2 N–H and O–H groups in total. The standard InChI is InChI=1S/C14H8N6O4.Na/c15-7-16-13-14(22)18-10-6-12(20(23)24)11(5-9(10)17-13)19-3-1-8(21)2-4-19;/h1-6H,(H,16,17)(H,18,22);/q;+1. The van der Waals surface area contributed by atoms with E-state index in [1.54, 1.807) is 6.19 Å². The summed E-state index contributed by atoms with van der Waals surface area (Å²) in [5.41, 5.74) is -0.627. The van der Waals surface area contributed by atoms with Crippen LogP contribution in [0.2, 0.25) is 0 Å². The van der Waals surface area contributed by atoms with Gasteiger partial charge >= 0.3 is 29.6 Å². The first kappa shape index (κ1) is 18.3. The second kappa shape index (κ2) is 7.27. The molecule has 0 radical (unpaired) electrons. The van der Waals surface area contributed by atoms with Crippen molar-refractivity contribution in [2.24, 2.45) is 0 Å². The first-order valence-electron chi connectivity index (χ1n) is 6.56. The molecule has 0 aliphatic rings. The molecular formula is C14H8N6NaO4+. The number of aromatic amines is 1. The molecule has 11 heteroatoms. The molecule has 0 fully saturated rings. The van der Waals surface area contributed by atoms with Gasteiger partial charge in [0.15, 0.2) is 11.6 Å². The van der Waals surface area contributed by atoms with E-state index in [-0.39, 0.29) is 63.2 Å². The Morgan fingerprint density at radius 3 is 2.56 bits per heavy atom. The Morgan fingerprint density at radius 2 is 1.96 bits per heavy atom. The summed E-state index contributed by atoms with van der Waals surface area (Å²) in [7, 11) is 0. The van der Waals surface area contributed by atoms with Crippen molar-refractivity contribution < 1.29 is 34.5 Å². The third kappa shape index (κ3) is 3.58. The molecule has 2 aromatic heterocycles. The number of benzene rings is 1. The van der Waals surface area contributed by atoms with E-state index < -0.39 is 10.5 Å². The normalized spacial score (nSPS) is 9.88. The van der Waals surface area contributed by atoms with Gasteiger partial charge in [-0.1, -0.05) is 0 Å². The Balaban J connectivity index is 0.00000225. The zero-order valence-corrected chi connectivity index (χ0v) is 14.9. The van der Waals surface area contributed by atoms with Crippen LogP contribution >= 0.6 is 0 Å². The average molecular weight is 347 g/mol. The van der Waals surface area contributed by atoms with E-state index in [2.05, 4.69) is 15.3 Å². The molecule has 0 atom stereocenters.